The predicted octanol–water partition coefficient (Wildman–Crippen LogP) is 4.33. The van der Waals surface area contributed by atoms with Gasteiger partial charge in [0.2, 0.25) is 5.95 Å². The molecule has 0 bridgehead atoms. The molecule has 0 atom stereocenters. The number of hydrogen-bond donors (Lipinski definition) is 0. The second-order valence-electron chi connectivity index (χ2n) is 9.60. The summed E-state index contributed by atoms with van der Waals surface area (Å²) >= 11 is 0. The Balaban J connectivity index is 1.48. The lowest BCUT2D eigenvalue weighted by molar-refractivity contribution is 0.0872. The molecule has 31 heavy (non-hydrogen) atoms. The van der Waals surface area contributed by atoms with Gasteiger partial charge in [-0.3, -0.25) is 9.58 Å². The smallest absolute Gasteiger partial charge is 0.241 e. The molecule has 0 saturated carbocycles. The number of likely N-dealkylation sites (tertiary alicyclic amines) is 1. The van der Waals surface area contributed by atoms with Gasteiger partial charge < -0.3 is 0 Å². The highest BCUT2D eigenvalue weighted by molar-refractivity contribution is 5.81. The summed E-state index contributed by atoms with van der Waals surface area (Å²) in [5.41, 5.74) is 4.28. The lowest BCUT2D eigenvalue weighted by Crippen LogP contribution is -2.46. The van der Waals surface area contributed by atoms with Crippen molar-refractivity contribution in [3.8, 4) is 11.4 Å². The van der Waals surface area contributed by atoms with Crippen LogP contribution in [-0.2, 0) is 0 Å². The third-order valence-electron chi connectivity index (χ3n) is 6.25. The molecule has 1 saturated heterocycles. The van der Waals surface area contributed by atoms with Crippen LogP contribution in [0.1, 0.15) is 50.9 Å². The van der Waals surface area contributed by atoms with Crippen molar-refractivity contribution in [2.24, 2.45) is 0 Å². The van der Waals surface area contributed by atoms with Crippen LogP contribution < -0.4 is 0 Å². The van der Waals surface area contributed by atoms with Crippen LogP contribution in [0.25, 0.3) is 27.9 Å². The standard InChI is InChI=1S/C23H28FN7/c1-14-10-19(27-31-12-15(2)25-22(14)31)18-11-16-13-30(28-20(16)21(24)26-18)17-6-8-29(9-7-17)23(3,4)5/h10-13,17H,6-9H2,1-5H3. The largest absolute Gasteiger partial charge is 0.298 e. The van der Waals surface area contributed by atoms with Crippen LogP contribution in [0.2, 0.25) is 0 Å². The molecule has 0 N–H and O–H groups in total. The number of imidazole rings is 1. The average Bonchev–Trinajstić information content (AvgIpc) is 3.31. The van der Waals surface area contributed by atoms with E-state index in [9.17, 15) is 4.39 Å². The SMILES string of the molecule is Cc1cn2nc(-c3cc4cn(C5CCN(C(C)(C)C)CC5)nc4c(F)n3)cc(C)c2n1. The van der Waals surface area contributed by atoms with Crippen LogP contribution >= 0.6 is 0 Å². The molecule has 0 radical (unpaired) electrons. The second kappa shape index (κ2) is 7.09. The third kappa shape index (κ3) is 3.59. The summed E-state index contributed by atoms with van der Waals surface area (Å²) in [7, 11) is 0. The van der Waals surface area contributed by atoms with E-state index in [2.05, 4.69) is 45.8 Å². The van der Waals surface area contributed by atoms with Gasteiger partial charge >= 0.3 is 0 Å². The molecule has 0 aromatic carbocycles. The van der Waals surface area contributed by atoms with Gasteiger partial charge in [-0.2, -0.15) is 14.6 Å². The molecule has 8 heteroatoms. The Morgan fingerprint density at radius 3 is 2.42 bits per heavy atom. The third-order valence-corrected chi connectivity index (χ3v) is 6.25. The molecular formula is C23H28FN7. The van der Waals surface area contributed by atoms with Crippen molar-refractivity contribution in [3.05, 3.63) is 41.7 Å². The summed E-state index contributed by atoms with van der Waals surface area (Å²) in [6.45, 7) is 12.7. The number of aromatic nitrogens is 6. The second-order valence-corrected chi connectivity index (χ2v) is 9.60. The van der Waals surface area contributed by atoms with Crippen LogP contribution in [0.5, 0.6) is 0 Å². The lowest BCUT2D eigenvalue weighted by Gasteiger charge is -2.40. The van der Waals surface area contributed by atoms with E-state index in [1.165, 1.54) is 0 Å². The van der Waals surface area contributed by atoms with E-state index in [1.807, 2.05) is 43.1 Å². The van der Waals surface area contributed by atoms with Gasteiger partial charge in [-0.05, 0) is 65.2 Å². The quantitative estimate of drug-likeness (QED) is 0.451. The molecular weight excluding hydrogens is 393 g/mol. The van der Waals surface area contributed by atoms with E-state index in [0.29, 0.717) is 16.9 Å². The molecule has 0 aliphatic carbocycles. The normalized spacial score (nSPS) is 16.6. The van der Waals surface area contributed by atoms with E-state index in [1.54, 1.807) is 4.52 Å². The first kappa shape index (κ1) is 20.1. The van der Waals surface area contributed by atoms with Gasteiger partial charge in [0.25, 0.3) is 0 Å². The Kier molecular flexibility index (Phi) is 4.58. The Labute approximate surface area is 180 Å². The molecule has 0 amide bonds. The number of aryl methyl sites for hydroxylation is 2. The van der Waals surface area contributed by atoms with Gasteiger partial charge in [0, 0.05) is 30.2 Å². The molecule has 162 valence electrons. The van der Waals surface area contributed by atoms with E-state index >= 15 is 0 Å². The highest BCUT2D eigenvalue weighted by atomic mass is 19.1. The fourth-order valence-corrected chi connectivity index (χ4v) is 4.50. The zero-order valence-electron chi connectivity index (χ0n) is 18.7. The van der Waals surface area contributed by atoms with Gasteiger partial charge in [0.1, 0.15) is 11.2 Å². The van der Waals surface area contributed by atoms with Crippen molar-refractivity contribution >= 4 is 16.6 Å². The van der Waals surface area contributed by atoms with Crippen molar-refractivity contribution in [1.82, 2.24) is 34.3 Å². The number of nitrogens with zero attached hydrogens (tertiary/aromatic N) is 7. The van der Waals surface area contributed by atoms with E-state index in [-0.39, 0.29) is 11.6 Å². The monoisotopic (exact) mass is 421 g/mol. The molecule has 0 unspecified atom stereocenters. The molecule has 7 nitrogen and oxygen atoms in total. The van der Waals surface area contributed by atoms with Crippen LogP contribution in [0.4, 0.5) is 4.39 Å². The maximum atomic E-state index is 14.9. The molecule has 5 heterocycles. The molecule has 4 aromatic heterocycles. The Bertz CT molecular complexity index is 1270. The van der Waals surface area contributed by atoms with Crippen LogP contribution in [0.3, 0.4) is 0 Å². The predicted molar refractivity (Wildman–Crippen MR) is 119 cm³/mol. The van der Waals surface area contributed by atoms with Crippen LogP contribution in [-0.4, -0.2) is 52.9 Å². The van der Waals surface area contributed by atoms with E-state index < -0.39 is 5.95 Å². The van der Waals surface area contributed by atoms with Gasteiger partial charge in [-0.1, -0.05) is 0 Å². The van der Waals surface area contributed by atoms with Gasteiger partial charge in [-0.15, -0.1) is 0 Å². The Hall–Kier alpha value is -2.87. The van der Waals surface area contributed by atoms with Crippen LogP contribution in [0.15, 0.2) is 24.5 Å². The van der Waals surface area contributed by atoms with Gasteiger partial charge in [-0.25, -0.2) is 14.5 Å². The van der Waals surface area contributed by atoms with Crippen molar-refractivity contribution in [3.63, 3.8) is 0 Å². The summed E-state index contributed by atoms with van der Waals surface area (Å²) in [5, 5.41) is 9.90. The lowest BCUT2D eigenvalue weighted by atomic mass is 9.98. The molecule has 0 spiro atoms. The van der Waals surface area contributed by atoms with Crippen molar-refractivity contribution in [2.75, 3.05) is 13.1 Å². The minimum atomic E-state index is -0.556. The summed E-state index contributed by atoms with van der Waals surface area (Å²) in [5.74, 6) is -0.556. The summed E-state index contributed by atoms with van der Waals surface area (Å²) in [6, 6.07) is 4.06. The number of fused-ring (bicyclic) bond motifs is 2. The Morgan fingerprint density at radius 2 is 1.71 bits per heavy atom. The first-order valence-electron chi connectivity index (χ1n) is 10.8. The van der Waals surface area contributed by atoms with E-state index in [0.717, 1.165) is 48.2 Å². The zero-order valence-corrected chi connectivity index (χ0v) is 18.7. The van der Waals surface area contributed by atoms with Crippen molar-refractivity contribution < 1.29 is 4.39 Å². The summed E-state index contributed by atoms with van der Waals surface area (Å²) < 4.78 is 18.6. The number of piperidine rings is 1. The number of halogens is 1. The van der Waals surface area contributed by atoms with Crippen molar-refractivity contribution in [2.45, 2.75) is 59.0 Å². The first-order valence-corrected chi connectivity index (χ1v) is 10.8. The summed E-state index contributed by atoms with van der Waals surface area (Å²) in [4.78, 5) is 11.2. The molecule has 4 aromatic rings. The number of rotatable bonds is 2. The zero-order chi connectivity index (χ0) is 21.9. The minimum Gasteiger partial charge on any atom is -0.298 e. The number of pyridine rings is 1. The molecule has 1 fully saturated rings. The van der Waals surface area contributed by atoms with E-state index in [4.69, 9.17) is 0 Å². The highest BCUT2D eigenvalue weighted by Crippen LogP contribution is 2.29. The molecule has 5 rings (SSSR count). The van der Waals surface area contributed by atoms with Gasteiger partial charge in [0.05, 0.1) is 23.6 Å². The summed E-state index contributed by atoms with van der Waals surface area (Å²) in [6.07, 6.45) is 5.82. The van der Waals surface area contributed by atoms with Crippen LogP contribution in [0, 0.1) is 19.8 Å². The maximum absolute atomic E-state index is 14.9. The number of hydrogen-bond acceptors (Lipinski definition) is 5. The van der Waals surface area contributed by atoms with Gasteiger partial charge in [0.15, 0.2) is 5.65 Å². The highest BCUT2D eigenvalue weighted by Gasteiger charge is 2.28. The Morgan fingerprint density at radius 1 is 0.968 bits per heavy atom. The maximum Gasteiger partial charge on any atom is 0.241 e. The average molecular weight is 422 g/mol. The topological polar surface area (TPSA) is 64.1 Å². The van der Waals surface area contributed by atoms with Crippen molar-refractivity contribution in [1.29, 1.82) is 0 Å². The minimum absolute atomic E-state index is 0.171. The fourth-order valence-electron chi connectivity index (χ4n) is 4.50. The fraction of sp³-hybridized carbons (Fsp3) is 0.478. The molecule has 1 aliphatic rings. The molecule has 1 aliphatic heterocycles. The first-order chi connectivity index (χ1) is 14.7.